The Morgan fingerprint density at radius 1 is 1.36 bits per heavy atom. The maximum Gasteiger partial charge on any atom is 0.303 e. The van der Waals surface area contributed by atoms with Gasteiger partial charge in [-0.1, -0.05) is 26.5 Å². The van der Waals surface area contributed by atoms with Gasteiger partial charge >= 0.3 is 5.97 Å². The van der Waals surface area contributed by atoms with E-state index >= 15 is 0 Å². The Labute approximate surface area is 164 Å². The van der Waals surface area contributed by atoms with Crippen LogP contribution in [0.5, 0.6) is 0 Å². The number of fused-ring (bicyclic) bond motifs is 2. The number of hydrogen-bond donors (Lipinski definition) is 2. The van der Waals surface area contributed by atoms with Crippen LogP contribution in [0, 0.1) is 34.0 Å². The maximum absolute atomic E-state index is 13.4. The Morgan fingerprint density at radius 3 is 2.75 bits per heavy atom. The normalized spacial score (nSPS) is 53.0. The molecule has 2 heterocycles. The predicted molar refractivity (Wildman–Crippen MR) is 98.7 cm³/mol. The van der Waals surface area contributed by atoms with Gasteiger partial charge in [0.05, 0.1) is 17.4 Å². The van der Waals surface area contributed by atoms with Crippen LogP contribution >= 0.6 is 0 Å². The molecule has 8 atom stereocenters. The van der Waals surface area contributed by atoms with Gasteiger partial charge in [0.25, 0.3) is 0 Å². The summed E-state index contributed by atoms with van der Waals surface area (Å²) in [5.74, 6) is -3.03. The molecule has 6 nitrogen and oxygen atoms in total. The van der Waals surface area contributed by atoms with E-state index in [1.807, 2.05) is 19.9 Å². The van der Waals surface area contributed by atoms with Crippen molar-refractivity contribution in [2.24, 2.45) is 34.0 Å². The number of carbonyl (C=O) groups is 2. The van der Waals surface area contributed by atoms with E-state index < -0.39 is 46.1 Å². The van der Waals surface area contributed by atoms with Gasteiger partial charge in [0.1, 0.15) is 12.2 Å². The molecule has 2 N–H and O–H groups in total. The van der Waals surface area contributed by atoms with Gasteiger partial charge in [-0.05, 0) is 48.2 Å². The molecular formula is C22H28O6. The number of hydrogen-bond acceptors (Lipinski definition) is 6. The molecule has 0 radical (unpaired) electrons. The van der Waals surface area contributed by atoms with Gasteiger partial charge in [0.15, 0.2) is 5.78 Å². The van der Waals surface area contributed by atoms with Crippen LogP contribution in [0.15, 0.2) is 24.3 Å². The third kappa shape index (κ3) is 1.73. The van der Waals surface area contributed by atoms with Gasteiger partial charge in [-0.3, -0.25) is 9.59 Å². The van der Waals surface area contributed by atoms with Gasteiger partial charge < -0.3 is 19.7 Å². The molecule has 2 unspecified atom stereocenters. The van der Waals surface area contributed by atoms with Crippen molar-refractivity contribution in [2.75, 3.05) is 6.61 Å². The first-order chi connectivity index (χ1) is 13.0. The average Bonchev–Trinajstić information content (AvgIpc) is 2.82. The standard InChI is InChI=1S/C22H28O6/c1-11-13-5-6-14-20-10-27-22(26,21(14,9-13)18(11)28-12(2)23)17(25)16(20)19(3,4)8-7-15(20)24/h7-8,13-14,16-18,25-26H,1,5-6,9-10H2,2-4H3/t13?,14-,16+,17-,18+,20+,21-,22?/m0/s1. The van der Waals surface area contributed by atoms with E-state index in [1.165, 1.54) is 6.92 Å². The fourth-order valence-electron chi connectivity index (χ4n) is 7.73. The molecule has 28 heavy (non-hydrogen) atoms. The molecule has 4 aliphatic carbocycles. The van der Waals surface area contributed by atoms with Crippen LogP contribution in [0.4, 0.5) is 0 Å². The molecule has 0 amide bonds. The minimum atomic E-state index is -1.88. The first-order valence-corrected chi connectivity index (χ1v) is 10.2. The first kappa shape index (κ1) is 18.5. The van der Waals surface area contributed by atoms with Crippen molar-refractivity contribution in [2.45, 2.75) is 58.0 Å². The summed E-state index contributed by atoms with van der Waals surface area (Å²) in [5, 5.41) is 23.3. The van der Waals surface area contributed by atoms with Gasteiger partial charge in [0.2, 0.25) is 5.79 Å². The number of rotatable bonds is 1. The minimum Gasteiger partial charge on any atom is -0.457 e. The molecule has 6 rings (SSSR count). The Kier molecular flexibility index (Phi) is 3.41. The van der Waals surface area contributed by atoms with Gasteiger partial charge in [-0.15, -0.1) is 0 Å². The Bertz CT molecular complexity index is 829. The zero-order valence-corrected chi connectivity index (χ0v) is 16.6. The number of carbonyl (C=O) groups excluding carboxylic acids is 2. The van der Waals surface area contributed by atoms with Crippen molar-refractivity contribution in [1.29, 1.82) is 0 Å². The van der Waals surface area contributed by atoms with E-state index in [1.54, 1.807) is 6.08 Å². The summed E-state index contributed by atoms with van der Waals surface area (Å²) in [6.45, 7) is 9.58. The highest BCUT2D eigenvalue weighted by molar-refractivity contribution is 5.97. The van der Waals surface area contributed by atoms with Crippen molar-refractivity contribution in [1.82, 2.24) is 0 Å². The van der Waals surface area contributed by atoms with Crippen molar-refractivity contribution in [3.8, 4) is 0 Å². The van der Waals surface area contributed by atoms with E-state index in [0.29, 0.717) is 12.8 Å². The van der Waals surface area contributed by atoms with Crippen molar-refractivity contribution in [3.63, 3.8) is 0 Å². The Balaban J connectivity index is 1.78. The van der Waals surface area contributed by atoms with Crippen molar-refractivity contribution >= 4 is 11.8 Å². The molecule has 0 aromatic carbocycles. The second kappa shape index (κ2) is 5.15. The van der Waals surface area contributed by atoms with E-state index in [9.17, 15) is 19.8 Å². The highest BCUT2D eigenvalue weighted by Crippen LogP contribution is 2.76. The molecule has 5 fully saturated rings. The first-order valence-electron chi connectivity index (χ1n) is 10.2. The summed E-state index contributed by atoms with van der Waals surface area (Å²) < 4.78 is 11.7. The topological polar surface area (TPSA) is 93.1 Å². The lowest BCUT2D eigenvalue weighted by Gasteiger charge is -2.72. The zero-order chi connectivity index (χ0) is 20.3. The predicted octanol–water partition coefficient (Wildman–Crippen LogP) is 1.75. The summed E-state index contributed by atoms with van der Waals surface area (Å²) in [6, 6.07) is 0. The third-order valence-electron chi connectivity index (χ3n) is 8.64. The monoisotopic (exact) mass is 388 g/mol. The van der Waals surface area contributed by atoms with Gasteiger partial charge in [-0.2, -0.15) is 0 Å². The van der Waals surface area contributed by atoms with E-state index in [2.05, 4.69) is 6.58 Å². The SMILES string of the molecule is C=C1C2CC[C@H]3[C@@]45COC(O)([C@@H](O)[C@@H]4C(C)(C)C=CC5=O)[C@]3(C2)[C@@H]1OC(C)=O. The third-order valence-corrected chi connectivity index (χ3v) is 8.64. The van der Waals surface area contributed by atoms with Crippen LogP contribution in [0.3, 0.4) is 0 Å². The summed E-state index contributed by atoms with van der Waals surface area (Å²) in [4.78, 5) is 25.3. The van der Waals surface area contributed by atoms with Crippen LogP contribution < -0.4 is 0 Å². The summed E-state index contributed by atoms with van der Waals surface area (Å²) in [6.07, 6.45) is 3.49. The van der Waals surface area contributed by atoms with Crippen LogP contribution in [0.1, 0.15) is 40.0 Å². The number of ether oxygens (including phenoxy) is 2. The minimum absolute atomic E-state index is 0.0560. The number of esters is 1. The molecule has 2 spiro atoms. The quantitative estimate of drug-likeness (QED) is 0.525. The Morgan fingerprint density at radius 2 is 2.07 bits per heavy atom. The number of aliphatic hydroxyl groups excluding tert-OH is 1. The van der Waals surface area contributed by atoms with E-state index in [4.69, 9.17) is 9.47 Å². The van der Waals surface area contributed by atoms with Crippen molar-refractivity contribution in [3.05, 3.63) is 24.3 Å². The molecule has 6 heteroatoms. The molecule has 4 bridgehead atoms. The highest BCUT2D eigenvalue weighted by atomic mass is 16.6. The lowest BCUT2D eigenvalue weighted by atomic mass is 9.37. The average molecular weight is 388 g/mol. The molecule has 6 aliphatic rings. The van der Waals surface area contributed by atoms with Gasteiger partial charge in [-0.25, -0.2) is 0 Å². The molecule has 2 saturated heterocycles. The maximum atomic E-state index is 13.4. The summed E-state index contributed by atoms with van der Waals surface area (Å²) >= 11 is 0. The molecule has 152 valence electrons. The van der Waals surface area contributed by atoms with Crippen LogP contribution in [0.25, 0.3) is 0 Å². The number of aliphatic hydroxyl groups is 2. The van der Waals surface area contributed by atoms with Crippen LogP contribution in [0.2, 0.25) is 0 Å². The smallest absolute Gasteiger partial charge is 0.303 e. The lowest BCUT2D eigenvalue weighted by Crippen LogP contribution is -2.83. The van der Waals surface area contributed by atoms with Crippen LogP contribution in [-0.4, -0.2) is 46.6 Å². The highest BCUT2D eigenvalue weighted by Gasteiger charge is 2.84. The largest absolute Gasteiger partial charge is 0.457 e. The second-order valence-corrected chi connectivity index (χ2v) is 10.1. The fraction of sp³-hybridized carbons (Fsp3) is 0.727. The van der Waals surface area contributed by atoms with Gasteiger partial charge in [0, 0.05) is 12.8 Å². The van der Waals surface area contributed by atoms with Crippen molar-refractivity contribution < 1.29 is 29.3 Å². The zero-order valence-electron chi connectivity index (χ0n) is 16.6. The van der Waals surface area contributed by atoms with E-state index in [-0.39, 0.29) is 24.2 Å². The number of allylic oxidation sites excluding steroid dienone is 2. The molecule has 0 aromatic rings. The van der Waals surface area contributed by atoms with Crippen LogP contribution in [-0.2, 0) is 19.1 Å². The number of ketones is 1. The summed E-state index contributed by atoms with van der Waals surface area (Å²) in [5.41, 5.74) is -1.70. The molecular weight excluding hydrogens is 360 g/mol. The Hall–Kier alpha value is -1.50. The molecule has 3 saturated carbocycles. The van der Waals surface area contributed by atoms with E-state index in [0.717, 1.165) is 12.0 Å². The molecule has 0 aromatic heterocycles. The second-order valence-electron chi connectivity index (χ2n) is 10.1. The lowest BCUT2D eigenvalue weighted by molar-refractivity contribution is -0.441. The molecule has 2 aliphatic heterocycles. The fourth-order valence-corrected chi connectivity index (χ4v) is 7.73. The summed E-state index contributed by atoms with van der Waals surface area (Å²) in [7, 11) is 0.